The molecular formula is C23H25ClN6O3S. The Morgan fingerprint density at radius 3 is 2.85 bits per heavy atom. The summed E-state index contributed by atoms with van der Waals surface area (Å²) in [5.74, 6) is -0.556. The highest BCUT2D eigenvalue weighted by Gasteiger charge is 2.34. The molecule has 0 saturated heterocycles. The summed E-state index contributed by atoms with van der Waals surface area (Å²) in [6.07, 6.45) is 2.31. The molecule has 1 aromatic carbocycles. The second-order valence-electron chi connectivity index (χ2n) is 9.02. The van der Waals surface area contributed by atoms with Gasteiger partial charge in [-0.2, -0.15) is 4.91 Å². The number of carbonyl (C=O) groups is 2. The van der Waals surface area contributed by atoms with Crippen molar-refractivity contribution in [3.63, 3.8) is 0 Å². The largest absolute Gasteiger partial charge is 0.351 e. The predicted molar refractivity (Wildman–Crippen MR) is 131 cm³/mol. The zero-order valence-corrected chi connectivity index (χ0v) is 20.2. The van der Waals surface area contributed by atoms with Crippen LogP contribution >= 0.6 is 22.9 Å². The topological polar surface area (TPSA) is 120 Å². The van der Waals surface area contributed by atoms with Gasteiger partial charge < -0.3 is 20.5 Å². The van der Waals surface area contributed by atoms with Crippen LogP contribution < -0.4 is 10.6 Å². The second-order valence-corrected chi connectivity index (χ2v) is 10.5. The zero-order chi connectivity index (χ0) is 23.8. The molecule has 0 spiro atoms. The molecule has 9 nitrogen and oxygen atoms in total. The summed E-state index contributed by atoms with van der Waals surface area (Å²) in [7, 11) is 2.05. The Labute approximate surface area is 205 Å². The lowest BCUT2D eigenvalue weighted by Crippen LogP contribution is -2.55. The van der Waals surface area contributed by atoms with Gasteiger partial charge in [-0.3, -0.25) is 9.59 Å². The molecule has 5 rings (SSSR count). The Morgan fingerprint density at radius 1 is 1.21 bits per heavy atom. The van der Waals surface area contributed by atoms with E-state index >= 15 is 0 Å². The Bertz CT molecular complexity index is 1260. The van der Waals surface area contributed by atoms with Crippen molar-refractivity contribution in [2.45, 2.75) is 50.4 Å². The highest BCUT2D eigenvalue weighted by atomic mass is 35.5. The van der Waals surface area contributed by atoms with E-state index in [-0.39, 0.29) is 17.9 Å². The van der Waals surface area contributed by atoms with Crippen molar-refractivity contribution in [2.24, 2.45) is 5.18 Å². The number of halogens is 1. The van der Waals surface area contributed by atoms with Gasteiger partial charge in [0.1, 0.15) is 5.69 Å². The maximum absolute atomic E-state index is 13.0. The Kier molecular flexibility index (Phi) is 6.37. The van der Waals surface area contributed by atoms with Gasteiger partial charge in [0.25, 0.3) is 11.8 Å². The van der Waals surface area contributed by atoms with E-state index in [9.17, 15) is 14.5 Å². The third-order valence-corrected chi connectivity index (χ3v) is 7.86. The number of nitrogens with one attached hydrogen (secondary N) is 3. The fourth-order valence-electron chi connectivity index (χ4n) is 4.70. The Morgan fingerprint density at radius 2 is 2.03 bits per heavy atom. The number of rotatable bonds is 5. The zero-order valence-electron chi connectivity index (χ0n) is 18.6. The molecule has 3 aromatic rings. The molecule has 2 amide bonds. The minimum absolute atomic E-state index is 0.246. The first kappa shape index (κ1) is 22.9. The van der Waals surface area contributed by atoms with Gasteiger partial charge in [0.2, 0.25) is 0 Å². The molecule has 3 atom stereocenters. The SMILES string of the molecule is CN1CCc2nc(C(=O)NC3CCC(N=O)CC3NC(=O)c3cc4cc(Cl)ccc4[nH]3)sc2C1. The van der Waals surface area contributed by atoms with Crippen LogP contribution in [-0.2, 0) is 13.0 Å². The van der Waals surface area contributed by atoms with Crippen molar-refractivity contribution in [1.82, 2.24) is 25.5 Å². The van der Waals surface area contributed by atoms with Crippen molar-refractivity contribution in [1.29, 1.82) is 0 Å². The summed E-state index contributed by atoms with van der Waals surface area (Å²) in [6.45, 7) is 1.72. The minimum atomic E-state index is -0.427. The lowest BCUT2D eigenvalue weighted by molar-refractivity contribution is 0.0855. The highest BCUT2D eigenvalue weighted by molar-refractivity contribution is 7.13. The number of thiazole rings is 1. The van der Waals surface area contributed by atoms with Crippen molar-refractivity contribution >= 4 is 45.7 Å². The summed E-state index contributed by atoms with van der Waals surface area (Å²) < 4.78 is 0. The molecule has 2 aromatic heterocycles. The van der Waals surface area contributed by atoms with E-state index in [1.165, 1.54) is 11.3 Å². The Hall–Kier alpha value is -2.82. The van der Waals surface area contributed by atoms with E-state index in [1.54, 1.807) is 18.2 Å². The van der Waals surface area contributed by atoms with Crippen LogP contribution in [0.3, 0.4) is 0 Å². The molecule has 3 heterocycles. The molecular weight excluding hydrogens is 476 g/mol. The molecule has 3 unspecified atom stereocenters. The first-order valence-electron chi connectivity index (χ1n) is 11.3. The number of aromatic nitrogens is 2. The smallest absolute Gasteiger partial charge is 0.280 e. The quantitative estimate of drug-likeness (QED) is 0.463. The van der Waals surface area contributed by atoms with E-state index in [0.717, 1.165) is 41.0 Å². The van der Waals surface area contributed by atoms with Crippen LogP contribution in [0, 0.1) is 4.91 Å². The van der Waals surface area contributed by atoms with Gasteiger partial charge in [-0.15, -0.1) is 11.3 Å². The number of nitroso groups, excluding NO2 is 1. The number of benzene rings is 1. The average molecular weight is 501 g/mol. The van der Waals surface area contributed by atoms with Crippen LogP contribution in [0.1, 0.15) is 50.1 Å². The minimum Gasteiger partial charge on any atom is -0.351 e. The van der Waals surface area contributed by atoms with E-state index in [1.807, 2.05) is 6.07 Å². The number of likely N-dealkylation sites (N-methyl/N-ethyl adjacent to an activating group) is 1. The lowest BCUT2D eigenvalue weighted by Gasteiger charge is -2.34. The third-order valence-electron chi connectivity index (χ3n) is 6.55. The molecule has 0 radical (unpaired) electrons. The number of nitrogens with zero attached hydrogens (tertiary/aromatic N) is 3. The highest BCUT2D eigenvalue weighted by Crippen LogP contribution is 2.27. The number of amides is 2. The summed E-state index contributed by atoms with van der Waals surface area (Å²) in [6, 6.07) is 5.94. The fraction of sp³-hybridized carbons (Fsp3) is 0.435. The van der Waals surface area contributed by atoms with Gasteiger partial charge in [-0.05, 0) is 50.6 Å². The maximum Gasteiger partial charge on any atom is 0.280 e. The fourth-order valence-corrected chi connectivity index (χ4v) is 5.97. The molecule has 1 aliphatic heterocycles. The average Bonchev–Trinajstić information content (AvgIpc) is 3.43. The normalized spacial score (nSPS) is 22.8. The molecule has 0 bridgehead atoms. The molecule has 1 aliphatic carbocycles. The molecule has 11 heteroatoms. The maximum atomic E-state index is 13.0. The van der Waals surface area contributed by atoms with Crippen molar-refractivity contribution in [3.8, 4) is 0 Å². The number of H-pyrrole nitrogens is 1. The van der Waals surface area contributed by atoms with Crippen LogP contribution in [0.4, 0.5) is 0 Å². The molecule has 2 aliphatic rings. The van der Waals surface area contributed by atoms with Crippen molar-refractivity contribution in [3.05, 3.63) is 55.5 Å². The van der Waals surface area contributed by atoms with Crippen LogP contribution in [0.25, 0.3) is 10.9 Å². The lowest BCUT2D eigenvalue weighted by atomic mass is 9.87. The third kappa shape index (κ3) is 4.70. The van der Waals surface area contributed by atoms with Crippen molar-refractivity contribution in [2.75, 3.05) is 13.6 Å². The van der Waals surface area contributed by atoms with Gasteiger partial charge in [-0.1, -0.05) is 16.8 Å². The van der Waals surface area contributed by atoms with E-state index in [0.29, 0.717) is 35.0 Å². The number of hydrogen-bond acceptors (Lipinski definition) is 7. The molecule has 34 heavy (non-hydrogen) atoms. The van der Waals surface area contributed by atoms with Crippen LogP contribution in [0.2, 0.25) is 5.02 Å². The first-order valence-corrected chi connectivity index (χ1v) is 12.5. The van der Waals surface area contributed by atoms with Gasteiger partial charge in [0, 0.05) is 46.4 Å². The van der Waals surface area contributed by atoms with E-state index < -0.39 is 12.1 Å². The van der Waals surface area contributed by atoms with Gasteiger partial charge in [0.05, 0.1) is 17.8 Å². The van der Waals surface area contributed by atoms with Crippen LogP contribution in [0.15, 0.2) is 29.4 Å². The summed E-state index contributed by atoms with van der Waals surface area (Å²) in [5, 5.41) is 11.1. The molecule has 178 valence electrons. The second kappa shape index (κ2) is 9.44. The molecule has 1 saturated carbocycles. The number of carbonyl (C=O) groups excluding carboxylic acids is 2. The van der Waals surface area contributed by atoms with E-state index in [4.69, 9.17) is 11.6 Å². The number of fused-ring (bicyclic) bond motifs is 2. The predicted octanol–water partition coefficient (Wildman–Crippen LogP) is 3.48. The Balaban J connectivity index is 1.31. The molecule has 1 fully saturated rings. The van der Waals surface area contributed by atoms with Gasteiger partial charge in [0.15, 0.2) is 5.01 Å². The van der Waals surface area contributed by atoms with Gasteiger partial charge >= 0.3 is 0 Å². The van der Waals surface area contributed by atoms with Crippen molar-refractivity contribution < 1.29 is 9.59 Å². The monoisotopic (exact) mass is 500 g/mol. The summed E-state index contributed by atoms with van der Waals surface area (Å²) in [4.78, 5) is 48.2. The van der Waals surface area contributed by atoms with Crippen LogP contribution in [0.5, 0.6) is 0 Å². The van der Waals surface area contributed by atoms with E-state index in [2.05, 4.69) is 37.7 Å². The number of hydrogen-bond donors (Lipinski definition) is 3. The summed E-state index contributed by atoms with van der Waals surface area (Å²) >= 11 is 7.47. The summed E-state index contributed by atoms with van der Waals surface area (Å²) in [5.41, 5.74) is 2.18. The van der Waals surface area contributed by atoms with Crippen LogP contribution in [-0.4, -0.2) is 58.4 Å². The molecule has 3 N–H and O–H groups in total. The number of aromatic amines is 1. The van der Waals surface area contributed by atoms with Gasteiger partial charge in [-0.25, -0.2) is 4.98 Å². The standard InChI is InChI=1S/C23H25ClN6O3S/c1-30-7-6-17-20(11-30)34-23(28-17)22(32)26-16-5-3-14(29-33)10-18(16)27-21(31)19-9-12-8-13(24)2-4-15(12)25-19/h2,4,8-9,14,16,18,25H,3,5-7,10-11H2,1H3,(H,26,32)(H,27,31). The first-order chi connectivity index (χ1) is 16.4.